The van der Waals surface area contributed by atoms with Crippen LogP contribution in [0.15, 0.2) is 29.4 Å². The minimum absolute atomic E-state index is 0.0909. The highest BCUT2D eigenvalue weighted by molar-refractivity contribution is 6.00. The lowest BCUT2D eigenvalue weighted by atomic mass is 9.90. The number of aromatic amines is 1. The van der Waals surface area contributed by atoms with Gasteiger partial charge >= 0.3 is 0 Å². The second-order valence-corrected chi connectivity index (χ2v) is 7.28. The highest BCUT2D eigenvalue weighted by Crippen LogP contribution is 2.66. The summed E-state index contributed by atoms with van der Waals surface area (Å²) in [5.41, 5.74) is 6.21. The monoisotopic (exact) mass is 309 g/mol. The lowest BCUT2D eigenvalue weighted by Gasteiger charge is -2.15. The number of H-pyrrole nitrogens is 1. The molecule has 0 spiro atoms. The first kappa shape index (κ1) is 14.5. The number of rotatable bonds is 3. The molecule has 0 unspecified atom stereocenters. The molecule has 2 aliphatic rings. The maximum Gasteiger partial charge on any atom is 0.244 e. The van der Waals surface area contributed by atoms with Gasteiger partial charge in [0.15, 0.2) is 0 Å². The number of hydrazone groups is 1. The lowest BCUT2D eigenvalue weighted by molar-refractivity contribution is -0.123. The molecule has 0 aliphatic heterocycles. The van der Waals surface area contributed by atoms with Crippen LogP contribution >= 0.6 is 0 Å². The van der Waals surface area contributed by atoms with Gasteiger partial charge in [0.2, 0.25) is 5.91 Å². The van der Waals surface area contributed by atoms with Crippen LogP contribution in [0.1, 0.15) is 43.9 Å². The van der Waals surface area contributed by atoms with Crippen molar-refractivity contribution in [2.75, 3.05) is 0 Å². The molecule has 4 nitrogen and oxygen atoms in total. The lowest BCUT2D eigenvalue weighted by Crippen LogP contribution is -2.22. The predicted molar refractivity (Wildman–Crippen MR) is 92.3 cm³/mol. The minimum Gasteiger partial charge on any atom is -0.358 e. The number of para-hydroxylation sites is 1. The normalized spacial score (nSPS) is 29.7. The number of carbonyl (C=O) groups is 1. The minimum atomic E-state index is 0.0909. The topological polar surface area (TPSA) is 57.2 Å². The molecule has 2 aromatic rings. The fourth-order valence-corrected chi connectivity index (χ4v) is 4.55. The highest BCUT2D eigenvalue weighted by atomic mass is 16.2. The van der Waals surface area contributed by atoms with Gasteiger partial charge in [0.25, 0.3) is 0 Å². The second-order valence-electron chi connectivity index (χ2n) is 7.28. The number of aromatic nitrogens is 1. The maximum absolute atomic E-state index is 12.4. The average molecular weight is 309 g/mol. The van der Waals surface area contributed by atoms with Crippen LogP contribution in [0.5, 0.6) is 0 Å². The number of fused-ring (bicyclic) bond motifs is 2. The average Bonchev–Trinajstić information content (AvgIpc) is 3.05. The number of hydrogen-bond donors (Lipinski definition) is 2. The Kier molecular flexibility index (Phi) is 3.29. The summed E-state index contributed by atoms with van der Waals surface area (Å²) >= 11 is 0. The van der Waals surface area contributed by atoms with Crippen molar-refractivity contribution in [3.63, 3.8) is 0 Å². The van der Waals surface area contributed by atoms with Gasteiger partial charge < -0.3 is 4.98 Å². The third kappa shape index (κ3) is 2.28. The number of hydrogen-bond acceptors (Lipinski definition) is 2. The molecule has 4 heteroatoms. The number of carbonyl (C=O) groups excluding carboxylic acids is 1. The van der Waals surface area contributed by atoms with E-state index < -0.39 is 0 Å². The van der Waals surface area contributed by atoms with Gasteiger partial charge in [0, 0.05) is 28.1 Å². The summed E-state index contributed by atoms with van der Waals surface area (Å²) < 4.78 is 0. The second kappa shape index (κ2) is 5.22. The fourth-order valence-electron chi connectivity index (χ4n) is 4.55. The number of nitrogens with one attached hydrogen (secondary N) is 2. The molecule has 2 saturated carbocycles. The van der Waals surface area contributed by atoms with E-state index in [1.165, 1.54) is 25.7 Å². The van der Waals surface area contributed by atoms with E-state index in [1.807, 2.05) is 25.1 Å². The van der Waals surface area contributed by atoms with Crippen molar-refractivity contribution in [2.45, 2.75) is 39.5 Å². The Morgan fingerprint density at radius 2 is 2.22 bits per heavy atom. The Labute approximate surface area is 136 Å². The van der Waals surface area contributed by atoms with Gasteiger partial charge in [0.1, 0.15) is 0 Å². The fraction of sp³-hybridized carbons (Fsp3) is 0.474. The highest BCUT2D eigenvalue weighted by Gasteiger charge is 2.64. The Morgan fingerprint density at radius 1 is 1.39 bits per heavy atom. The van der Waals surface area contributed by atoms with Crippen LogP contribution in [0, 0.1) is 24.2 Å². The van der Waals surface area contributed by atoms with Gasteiger partial charge in [-0.15, -0.1) is 0 Å². The maximum atomic E-state index is 12.4. The van der Waals surface area contributed by atoms with Crippen molar-refractivity contribution in [2.24, 2.45) is 22.4 Å². The van der Waals surface area contributed by atoms with E-state index in [0.717, 1.165) is 22.2 Å². The molecule has 1 aromatic carbocycles. The zero-order valence-electron chi connectivity index (χ0n) is 13.7. The van der Waals surface area contributed by atoms with E-state index in [2.05, 4.69) is 28.5 Å². The van der Waals surface area contributed by atoms with E-state index in [0.29, 0.717) is 5.92 Å². The van der Waals surface area contributed by atoms with Crippen molar-refractivity contribution in [3.05, 3.63) is 35.5 Å². The number of nitrogens with zero attached hydrogens (tertiary/aromatic N) is 1. The van der Waals surface area contributed by atoms with Crippen LogP contribution in [0.4, 0.5) is 0 Å². The van der Waals surface area contributed by atoms with Crippen molar-refractivity contribution in [1.82, 2.24) is 10.4 Å². The third-order valence-electron chi connectivity index (χ3n) is 5.93. The van der Waals surface area contributed by atoms with E-state index in [4.69, 9.17) is 0 Å². The van der Waals surface area contributed by atoms with E-state index >= 15 is 0 Å². The molecule has 1 aromatic heterocycles. The standard InChI is InChI=1S/C19H23N3O/c1-12-14(13-7-3-4-9-16(13)21-12)11-20-22-18(23)17-15-8-5-6-10-19(15,17)2/h3-4,7,9,11,15,17,21H,5-6,8,10H2,1-2H3,(H,22,23)/b20-11-/t15-,17-,19+/m0/s1. The summed E-state index contributed by atoms with van der Waals surface area (Å²) in [7, 11) is 0. The number of benzene rings is 1. The van der Waals surface area contributed by atoms with Crippen molar-refractivity contribution < 1.29 is 4.79 Å². The zero-order chi connectivity index (χ0) is 16.0. The Balaban J connectivity index is 1.47. The molecule has 0 bridgehead atoms. The Bertz CT molecular complexity index is 791. The summed E-state index contributed by atoms with van der Waals surface area (Å²) in [5, 5.41) is 5.36. The third-order valence-corrected chi connectivity index (χ3v) is 5.93. The summed E-state index contributed by atoms with van der Waals surface area (Å²) in [4.78, 5) is 15.8. The van der Waals surface area contributed by atoms with Crippen molar-refractivity contribution >= 4 is 23.0 Å². The summed E-state index contributed by atoms with van der Waals surface area (Å²) in [6.07, 6.45) is 6.66. The van der Waals surface area contributed by atoms with Crippen LogP contribution in [0.25, 0.3) is 10.9 Å². The molecule has 4 rings (SSSR count). The molecule has 3 atom stereocenters. The largest absolute Gasteiger partial charge is 0.358 e. The molecule has 0 saturated heterocycles. The van der Waals surface area contributed by atoms with Crippen molar-refractivity contribution in [1.29, 1.82) is 0 Å². The number of amides is 1. The molecule has 120 valence electrons. The molecule has 1 amide bonds. The smallest absolute Gasteiger partial charge is 0.244 e. The van der Waals surface area contributed by atoms with Crippen LogP contribution in [0.3, 0.4) is 0 Å². The van der Waals surface area contributed by atoms with Gasteiger partial charge in [-0.3, -0.25) is 4.79 Å². The Morgan fingerprint density at radius 3 is 3.00 bits per heavy atom. The Hall–Kier alpha value is -2.10. The molecule has 0 radical (unpaired) electrons. The van der Waals surface area contributed by atoms with E-state index in [1.54, 1.807) is 6.21 Å². The molecule has 2 aliphatic carbocycles. The van der Waals surface area contributed by atoms with Gasteiger partial charge in [-0.2, -0.15) is 5.10 Å². The first-order valence-corrected chi connectivity index (χ1v) is 8.51. The molecule has 2 N–H and O–H groups in total. The quantitative estimate of drug-likeness (QED) is 0.658. The van der Waals surface area contributed by atoms with E-state index in [9.17, 15) is 4.79 Å². The molecule has 2 fully saturated rings. The molecular formula is C19H23N3O. The number of aryl methyl sites for hydroxylation is 1. The van der Waals surface area contributed by atoms with Gasteiger partial charge in [-0.1, -0.05) is 38.0 Å². The molecular weight excluding hydrogens is 286 g/mol. The first-order valence-electron chi connectivity index (χ1n) is 8.51. The van der Waals surface area contributed by atoms with Crippen LogP contribution < -0.4 is 5.43 Å². The first-order chi connectivity index (χ1) is 11.1. The zero-order valence-corrected chi connectivity index (χ0v) is 13.7. The van der Waals surface area contributed by atoms with Crippen LogP contribution in [-0.2, 0) is 4.79 Å². The van der Waals surface area contributed by atoms with Crippen molar-refractivity contribution in [3.8, 4) is 0 Å². The summed E-state index contributed by atoms with van der Waals surface area (Å²) in [6, 6.07) is 8.14. The summed E-state index contributed by atoms with van der Waals surface area (Å²) in [5.74, 6) is 0.820. The summed E-state index contributed by atoms with van der Waals surface area (Å²) in [6.45, 7) is 4.29. The van der Waals surface area contributed by atoms with Gasteiger partial charge in [0.05, 0.1) is 6.21 Å². The molecule has 1 heterocycles. The van der Waals surface area contributed by atoms with Gasteiger partial charge in [-0.25, -0.2) is 5.43 Å². The van der Waals surface area contributed by atoms with Crippen LogP contribution in [0.2, 0.25) is 0 Å². The van der Waals surface area contributed by atoms with E-state index in [-0.39, 0.29) is 17.2 Å². The predicted octanol–water partition coefficient (Wildman–Crippen LogP) is 3.75. The van der Waals surface area contributed by atoms with Crippen LogP contribution in [-0.4, -0.2) is 17.1 Å². The van der Waals surface area contributed by atoms with Gasteiger partial charge in [-0.05, 0) is 37.2 Å². The SMILES string of the molecule is Cc1[nH]c2ccccc2c1/C=N\NC(=O)[C@@H]1[C@@H]2CCCC[C@@]12C. The molecule has 23 heavy (non-hydrogen) atoms.